The van der Waals surface area contributed by atoms with E-state index in [2.05, 4.69) is 5.32 Å². The average Bonchev–Trinajstić information content (AvgIpc) is 2.74. The molecule has 0 aliphatic rings. The van der Waals surface area contributed by atoms with Gasteiger partial charge in [0.15, 0.2) is 0 Å². The van der Waals surface area contributed by atoms with Crippen molar-refractivity contribution in [3.63, 3.8) is 0 Å². The number of carbonyl (C=O) groups excluding carboxylic acids is 1. The molecule has 2 aromatic rings. The SMILES string of the molecule is CCC(C)NC[C@H](CC=O)N(Cc1cc(F)ccc1C(F)(F)F)c1ccc(C#N)c(Cl)c1. The molecule has 0 radical (unpaired) electrons. The van der Waals surface area contributed by atoms with E-state index < -0.39 is 23.6 Å². The Labute approximate surface area is 189 Å². The van der Waals surface area contributed by atoms with Gasteiger partial charge in [-0.05, 0) is 55.3 Å². The normalized spacial score (nSPS) is 13.3. The Hall–Kier alpha value is -2.63. The van der Waals surface area contributed by atoms with E-state index in [1.54, 1.807) is 11.0 Å². The van der Waals surface area contributed by atoms with E-state index in [1.165, 1.54) is 12.1 Å². The summed E-state index contributed by atoms with van der Waals surface area (Å²) in [6.45, 7) is 3.93. The van der Waals surface area contributed by atoms with Crippen LogP contribution in [0.2, 0.25) is 5.02 Å². The second-order valence-corrected chi connectivity index (χ2v) is 7.88. The van der Waals surface area contributed by atoms with Gasteiger partial charge in [-0.3, -0.25) is 0 Å². The minimum atomic E-state index is -4.67. The molecule has 0 saturated carbocycles. The van der Waals surface area contributed by atoms with Crippen LogP contribution in [0.3, 0.4) is 0 Å². The van der Waals surface area contributed by atoms with Gasteiger partial charge in [-0.15, -0.1) is 0 Å². The van der Waals surface area contributed by atoms with E-state index in [0.29, 0.717) is 24.6 Å². The van der Waals surface area contributed by atoms with Crippen molar-refractivity contribution in [2.24, 2.45) is 0 Å². The van der Waals surface area contributed by atoms with Crippen LogP contribution in [-0.2, 0) is 17.5 Å². The lowest BCUT2D eigenvalue weighted by Gasteiger charge is -2.35. The number of anilines is 1. The van der Waals surface area contributed by atoms with Crippen LogP contribution in [-0.4, -0.2) is 24.9 Å². The summed E-state index contributed by atoms with van der Waals surface area (Å²) < 4.78 is 54.6. The summed E-state index contributed by atoms with van der Waals surface area (Å²) in [5, 5.41) is 12.5. The van der Waals surface area contributed by atoms with Crippen molar-refractivity contribution in [1.82, 2.24) is 5.32 Å². The van der Waals surface area contributed by atoms with Crippen LogP contribution in [0.15, 0.2) is 36.4 Å². The van der Waals surface area contributed by atoms with Crippen molar-refractivity contribution in [2.75, 3.05) is 11.4 Å². The molecule has 0 aliphatic carbocycles. The summed E-state index contributed by atoms with van der Waals surface area (Å²) >= 11 is 6.16. The van der Waals surface area contributed by atoms with Gasteiger partial charge in [0.05, 0.1) is 16.1 Å². The summed E-state index contributed by atoms with van der Waals surface area (Å²) in [5.41, 5.74) is -0.591. The first-order chi connectivity index (χ1) is 15.1. The van der Waals surface area contributed by atoms with Gasteiger partial charge in [-0.25, -0.2) is 4.39 Å². The molecule has 2 aromatic carbocycles. The number of nitrogens with one attached hydrogen (secondary N) is 1. The fourth-order valence-electron chi connectivity index (χ4n) is 3.27. The Morgan fingerprint density at radius 2 is 1.97 bits per heavy atom. The van der Waals surface area contributed by atoms with Gasteiger partial charge in [-0.1, -0.05) is 18.5 Å². The van der Waals surface area contributed by atoms with E-state index in [0.717, 1.165) is 18.6 Å². The van der Waals surface area contributed by atoms with E-state index in [9.17, 15) is 22.4 Å². The summed E-state index contributed by atoms with van der Waals surface area (Å²) in [7, 11) is 0. The number of hydrogen-bond donors (Lipinski definition) is 1. The molecule has 0 heterocycles. The highest BCUT2D eigenvalue weighted by molar-refractivity contribution is 6.32. The first kappa shape index (κ1) is 25.6. The number of alkyl halides is 3. The molecule has 0 saturated heterocycles. The van der Waals surface area contributed by atoms with Crippen LogP contribution in [0.4, 0.5) is 23.2 Å². The highest BCUT2D eigenvalue weighted by Gasteiger charge is 2.34. The molecule has 0 bridgehead atoms. The van der Waals surface area contributed by atoms with E-state index in [1.807, 2.05) is 19.9 Å². The Morgan fingerprint density at radius 3 is 2.53 bits per heavy atom. The lowest BCUT2D eigenvalue weighted by molar-refractivity contribution is -0.138. The number of benzene rings is 2. The summed E-state index contributed by atoms with van der Waals surface area (Å²) in [4.78, 5) is 13.0. The monoisotopic (exact) mass is 469 g/mol. The molecule has 32 heavy (non-hydrogen) atoms. The van der Waals surface area contributed by atoms with E-state index in [-0.39, 0.29) is 35.2 Å². The summed E-state index contributed by atoms with van der Waals surface area (Å²) in [5.74, 6) is -0.796. The van der Waals surface area contributed by atoms with E-state index >= 15 is 0 Å². The van der Waals surface area contributed by atoms with Gasteiger partial charge in [0.25, 0.3) is 0 Å². The molecule has 4 nitrogen and oxygen atoms in total. The number of hydrogen-bond acceptors (Lipinski definition) is 4. The van der Waals surface area contributed by atoms with E-state index in [4.69, 9.17) is 16.9 Å². The van der Waals surface area contributed by atoms with Crippen LogP contribution in [0.1, 0.15) is 43.4 Å². The third-order valence-electron chi connectivity index (χ3n) is 5.24. The minimum Gasteiger partial charge on any atom is -0.362 e. The van der Waals surface area contributed by atoms with Crippen LogP contribution in [0.25, 0.3) is 0 Å². The van der Waals surface area contributed by atoms with Gasteiger partial charge < -0.3 is 15.0 Å². The maximum absolute atomic E-state index is 13.9. The highest BCUT2D eigenvalue weighted by Crippen LogP contribution is 2.35. The molecular weight excluding hydrogens is 446 g/mol. The van der Waals surface area contributed by atoms with Crippen LogP contribution < -0.4 is 10.2 Å². The zero-order valence-electron chi connectivity index (χ0n) is 17.7. The third-order valence-corrected chi connectivity index (χ3v) is 5.55. The zero-order chi connectivity index (χ0) is 23.9. The molecule has 9 heteroatoms. The largest absolute Gasteiger partial charge is 0.416 e. The first-order valence-electron chi connectivity index (χ1n) is 10.1. The summed E-state index contributed by atoms with van der Waals surface area (Å²) in [6.07, 6.45) is -3.14. The van der Waals surface area contributed by atoms with Gasteiger partial charge in [0.2, 0.25) is 0 Å². The number of nitrogens with zero attached hydrogens (tertiary/aromatic N) is 2. The standard InChI is InChI=1S/C23H24ClF4N3O/c1-3-15(2)30-13-20(8-9-32)31(19-6-4-16(12-29)22(24)11-19)14-17-10-18(25)5-7-21(17)23(26,27)28/h4-7,9-11,15,20,30H,3,8,13-14H2,1-2H3/t15?,20-/m0/s1. The number of carbonyl (C=O) groups is 1. The lowest BCUT2D eigenvalue weighted by Crippen LogP contribution is -2.45. The van der Waals surface area contributed by atoms with Gasteiger partial charge in [0, 0.05) is 37.3 Å². The molecule has 2 atom stereocenters. The molecule has 0 aliphatic heterocycles. The van der Waals surface area contributed by atoms with Crippen molar-refractivity contribution in [3.05, 3.63) is 63.9 Å². The second kappa shape index (κ2) is 11.3. The molecule has 1 N–H and O–H groups in total. The van der Waals surface area contributed by atoms with Crippen LogP contribution >= 0.6 is 11.6 Å². The molecule has 2 rings (SSSR count). The minimum absolute atomic E-state index is 0.0255. The summed E-state index contributed by atoms with van der Waals surface area (Å²) in [6, 6.07) is 8.32. The molecule has 1 unspecified atom stereocenters. The predicted octanol–water partition coefficient (Wildman–Crippen LogP) is 5.72. The Balaban J connectivity index is 2.55. The van der Waals surface area contributed by atoms with Crippen molar-refractivity contribution < 1.29 is 22.4 Å². The topological polar surface area (TPSA) is 56.1 Å². The fraction of sp³-hybridized carbons (Fsp3) is 0.391. The number of halogens is 5. The van der Waals surface area contributed by atoms with Crippen LogP contribution in [0.5, 0.6) is 0 Å². The quantitative estimate of drug-likeness (QED) is 0.357. The Morgan fingerprint density at radius 1 is 1.25 bits per heavy atom. The smallest absolute Gasteiger partial charge is 0.362 e. The molecule has 0 fully saturated rings. The predicted molar refractivity (Wildman–Crippen MR) is 116 cm³/mol. The molecule has 0 amide bonds. The van der Waals surface area contributed by atoms with Gasteiger partial charge in [-0.2, -0.15) is 18.4 Å². The first-order valence-corrected chi connectivity index (χ1v) is 10.5. The van der Waals surface area contributed by atoms with Crippen molar-refractivity contribution >= 4 is 23.6 Å². The number of aldehydes is 1. The lowest BCUT2D eigenvalue weighted by atomic mass is 10.0. The molecule has 0 spiro atoms. The zero-order valence-corrected chi connectivity index (χ0v) is 18.5. The molecule has 0 aromatic heterocycles. The fourth-order valence-corrected chi connectivity index (χ4v) is 3.49. The van der Waals surface area contributed by atoms with Gasteiger partial charge in [0.1, 0.15) is 18.2 Å². The van der Waals surface area contributed by atoms with Crippen molar-refractivity contribution in [1.29, 1.82) is 5.26 Å². The van der Waals surface area contributed by atoms with Crippen molar-refractivity contribution in [2.45, 2.75) is 51.5 Å². The second-order valence-electron chi connectivity index (χ2n) is 7.48. The Bertz CT molecular complexity index is 975. The van der Waals surface area contributed by atoms with Crippen LogP contribution in [0, 0.1) is 17.1 Å². The third kappa shape index (κ3) is 6.68. The van der Waals surface area contributed by atoms with Crippen molar-refractivity contribution in [3.8, 4) is 6.07 Å². The number of rotatable bonds is 10. The van der Waals surface area contributed by atoms with Gasteiger partial charge >= 0.3 is 6.18 Å². The molecule has 172 valence electrons. The number of nitriles is 1. The maximum Gasteiger partial charge on any atom is 0.416 e. The Kier molecular flexibility index (Phi) is 9.05. The average molecular weight is 470 g/mol. The molecular formula is C23H24ClF4N3O. The maximum atomic E-state index is 13.9. The highest BCUT2D eigenvalue weighted by atomic mass is 35.5.